The Morgan fingerprint density at radius 3 is 2.58 bits per heavy atom. The van der Waals surface area contributed by atoms with E-state index in [0.29, 0.717) is 6.54 Å². The summed E-state index contributed by atoms with van der Waals surface area (Å²) in [6, 6.07) is 11.4. The third-order valence-electron chi connectivity index (χ3n) is 3.10. The number of hydrogen-bond acceptors (Lipinski definition) is 2. The van der Waals surface area contributed by atoms with Gasteiger partial charge in [0, 0.05) is 24.9 Å². The third-order valence-corrected chi connectivity index (χ3v) is 3.10. The van der Waals surface area contributed by atoms with Crippen molar-refractivity contribution in [1.82, 2.24) is 4.57 Å². The van der Waals surface area contributed by atoms with E-state index in [0.717, 1.165) is 11.3 Å². The fourth-order valence-electron chi connectivity index (χ4n) is 2.23. The Bertz CT molecular complexity index is 534. The van der Waals surface area contributed by atoms with Gasteiger partial charge in [-0.15, -0.1) is 0 Å². The molecular formula is C15H17NO3. The van der Waals surface area contributed by atoms with Crippen LogP contribution in [0.2, 0.25) is 0 Å². The fraction of sp³-hybridized carbons (Fsp3) is 0.267. The Balaban J connectivity index is 2.28. The van der Waals surface area contributed by atoms with Crippen molar-refractivity contribution in [3.05, 3.63) is 54.4 Å². The highest BCUT2D eigenvalue weighted by Crippen LogP contribution is 2.30. The van der Waals surface area contributed by atoms with Crippen molar-refractivity contribution in [3.63, 3.8) is 0 Å². The quantitative estimate of drug-likeness (QED) is 0.867. The van der Waals surface area contributed by atoms with E-state index in [1.54, 1.807) is 7.11 Å². The Hall–Kier alpha value is -2.23. The third kappa shape index (κ3) is 3.37. The van der Waals surface area contributed by atoms with Crippen molar-refractivity contribution in [2.24, 2.45) is 0 Å². The van der Waals surface area contributed by atoms with Crippen LogP contribution in [0.5, 0.6) is 5.75 Å². The molecule has 1 N–H and O–H groups in total. The Morgan fingerprint density at radius 1 is 1.26 bits per heavy atom. The van der Waals surface area contributed by atoms with Gasteiger partial charge in [-0.25, -0.2) is 0 Å². The molecule has 1 atom stereocenters. The number of methoxy groups -OCH3 is 1. The second kappa shape index (κ2) is 6.09. The molecule has 2 aromatic rings. The lowest BCUT2D eigenvalue weighted by Crippen LogP contribution is -2.13. The van der Waals surface area contributed by atoms with Crippen LogP contribution in [-0.4, -0.2) is 22.8 Å². The molecule has 0 aliphatic rings. The van der Waals surface area contributed by atoms with Crippen molar-refractivity contribution in [2.75, 3.05) is 7.11 Å². The van der Waals surface area contributed by atoms with Crippen LogP contribution in [0.25, 0.3) is 0 Å². The van der Waals surface area contributed by atoms with Crippen LogP contribution in [0, 0.1) is 0 Å². The summed E-state index contributed by atoms with van der Waals surface area (Å²) < 4.78 is 7.31. The van der Waals surface area contributed by atoms with Gasteiger partial charge in [-0.2, -0.15) is 0 Å². The molecule has 0 radical (unpaired) electrons. The van der Waals surface area contributed by atoms with Gasteiger partial charge in [-0.1, -0.05) is 18.2 Å². The number of benzene rings is 1. The number of hydrogen-bond donors (Lipinski definition) is 1. The van der Waals surface area contributed by atoms with Crippen LogP contribution < -0.4 is 4.74 Å². The molecule has 0 saturated heterocycles. The second-order valence-corrected chi connectivity index (χ2v) is 4.42. The summed E-state index contributed by atoms with van der Waals surface area (Å²) in [5.41, 5.74) is 0.932. The molecule has 0 spiro atoms. The average Bonchev–Trinajstić information content (AvgIpc) is 2.90. The van der Waals surface area contributed by atoms with Crippen molar-refractivity contribution >= 4 is 5.97 Å². The van der Waals surface area contributed by atoms with Gasteiger partial charge in [0.1, 0.15) is 5.75 Å². The molecule has 1 aromatic carbocycles. The van der Waals surface area contributed by atoms with Gasteiger partial charge in [-0.05, 0) is 23.8 Å². The van der Waals surface area contributed by atoms with Gasteiger partial charge in [0.25, 0.3) is 0 Å². The van der Waals surface area contributed by atoms with Gasteiger partial charge in [-0.3, -0.25) is 4.79 Å². The summed E-state index contributed by atoms with van der Waals surface area (Å²) in [5, 5.41) is 9.09. The molecule has 100 valence electrons. The maximum atomic E-state index is 11.1. The van der Waals surface area contributed by atoms with E-state index in [4.69, 9.17) is 9.84 Å². The van der Waals surface area contributed by atoms with Crippen molar-refractivity contribution < 1.29 is 14.6 Å². The molecule has 0 fully saturated rings. The first-order valence-electron chi connectivity index (χ1n) is 6.16. The summed E-state index contributed by atoms with van der Waals surface area (Å²) in [6.45, 7) is 0.625. The molecule has 0 bridgehead atoms. The molecule has 4 nitrogen and oxygen atoms in total. The Kier molecular flexibility index (Phi) is 4.23. The predicted octanol–water partition coefficient (Wildman–Crippen LogP) is 2.76. The number of ether oxygens (including phenoxy) is 1. The molecule has 0 aliphatic heterocycles. The number of aliphatic carboxylic acids is 1. The lowest BCUT2D eigenvalue weighted by molar-refractivity contribution is -0.137. The molecule has 1 unspecified atom stereocenters. The molecule has 0 aliphatic carbocycles. The van der Waals surface area contributed by atoms with Gasteiger partial charge >= 0.3 is 5.97 Å². The molecule has 1 heterocycles. The van der Waals surface area contributed by atoms with Crippen LogP contribution in [-0.2, 0) is 11.3 Å². The molecule has 0 saturated carbocycles. The lowest BCUT2D eigenvalue weighted by atomic mass is 9.94. The highest BCUT2D eigenvalue weighted by Gasteiger charge is 2.19. The van der Waals surface area contributed by atoms with Crippen LogP contribution >= 0.6 is 0 Å². The minimum absolute atomic E-state index is 0.0819. The standard InChI is InChI=1S/C15H17NO3/c1-19-14-7-3-2-6-13(14)12(10-15(17)18)11-16-8-4-5-9-16/h2-9,12H,10-11H2,1H3,(H,17,18). The van der Waals surface area contributed by atoms with Gasteiger partial charge < -0.3 is 14.4 Å². The van der Waals surface area contributed by atoms with E-state index in [1.807, 2.05) is 53.4 Å². The van der Waals surface area contributed by atoms with Crippen LogP contribution in [0.1, 0.15) is 17.9 Å². The average molecular weight is 259 g/mol. The maximum Gasteiger partial charge on any atom is 0.304 e. The largest absolute Gasteiger partial charge is 0.496 e. The van der Waals surface area contributed by atoms with Gasteiger partial charge in [0.15, 0.2) is 0 Å². The summed E-state index contributed by atoms with van der Waals surface area (Å²) in [4.78, 5) is 11.1. The highest BCUT2D eigenvalue weighted by molar-refractivity contribution is 5.68. The first-order valence-corrected chi connectivity index (χ1v) is 6.16. The normalized spacial score (nSPS) is 12.1. The topological polar surface area (TPSA) is 51.5 Å². The summed E-state index contributed by atoms with van der Waals surface area (Å²) in [6.07, 6.45) is 3.95. The highest BCUT2D eigenvalue weighted by atomic mass is 16.5. The lowest BCUT2D eigenvalue weighted by Gasteiger charge is -2.19. The summed E-state index contributed by atoms with van der Waals surface area (Å²) in [5.74, 6) is -0.176. The van der Waals surface area contributed by atoms with Crippen molar-refractivity contribution in [2.45, 2.75) is 18.9 Å². The molecule has 0 amide bonds. The number of para-hydroxylation sites is 1. The molecule has 1 aromatic heterocycles. The minimum Gasteiger partial charge on any atom is -0.496 e. The molecular weight excluding hydrogens is 242 g/mol. The van der Waals surface area contributed by atoms with Crippen LogP contribution in [0.4, 0.5) is 0 Å². The zero-order valence-electron chi connectivity index (χ0n) is 10.8. The van der Waals surface area contributed by atoms with E-state index in [1.165, 1.54) is 0 Å². The van der Waals surface area contributed by atoms with E-state index in [-0.39, 0.29) is 12.3 Å². The number of nitrogens with zero attached hydrogens (tertiary/aromatic N) is 1. The molecule has 19 heavy (non-hydrogen) atoms. The molecule has 4 heteroatoms. The van der Waals surface area contributed by atoms with E-state index in [2.05, 4.69) is 0 Å². The monoisotopic (exact) mass is 259 g/mol. The van der Waals surface area contributed by atoms with Gasteiger partial charge in [0.05, 0.1) is 13.5 Å². The maximum absolute atomic E-state index is 11.1. The predicted molar refractivity (Wildman–Crippen MR) is 72.4 cm³/mol. The second-order valence-electron chi connectivity index (χ2n) is 4.42. The van der Waals surface area contributed by atoms with E-state index in [9.17, 15) is 4.79 Å². The zero-order valence-corrected chi connectivity index (χ0v) is 10.8. The number of aromatic nitrogens is 1. The number of carboxylic acid groups (broad SMARTS) is 1. The van der Waals surface area contributed by atoms with Gasteiger partial charge in [0.2, 0.25) is 0 Å². The van der Waals surface area contributed by atoms with Crippen LogP contribution in [0.3, 0.4) is 0 Å². The SMILES string of the molecule is COc1ccccc1C(CC(=O)O)Cn1cccc1. The van der Waals surface area contributed by atoms with Crippen molar-refractivity contribution in [3.8, 4) is 5.75 Å². The smallest absolute Gasteiger partial charge is 0.304 e. The first-order chi connectivity index (χ1) is 9.20. The Morgan fingerprint density at radius 2 is 1.95 bits per heavy atom. The van der Waals surface area contributed by atoms with Crippen LogP contribution in [0.15, 0.2) is 48.8 Å². The number of carbonyl (C=O) groups is 1. The zero-order chi connectivity index (χ0) is 13.7. The first kappa shape index (κ1) is 13.2. The number of rotatable bonds is 6. The number of carboxylic acids is 1. The minimum atomic E-state index is -0.803. The fourth-order valence-corrected chi connectivity index (χ4v) is 2.23. The Labute approximate surface area is 112 Å². The van der Waals surface area contributed by atoms with E-state index >= 15 is 0 Å². The van der Waals surface area contributed by atoms with E-state index < -0.39 is 5.97 Å². The summed E-state index contributed by atoms with van der Waals surface area (Å²) >= 11 is 0. The molecule has 2 rings (SSSR count). The summed E-state index contributed by atoms with van der Waals surface area (Å²) in [7, 11) is 1.60. The van der Waals surface area contributed by atoms with Crippen molar-refractivity contribution in [1.29, 1.82) is 0 Å².